The van der Waals surface area contributed by atoms with Crippen LogP contribution >= 0.6 is 0 Å². The highest BCUT2D eigenvalue weighted by Gasteiger charge is 2.22. The quantitative estimate of drug-likeness (QED) is 0.581. The SMILES string of the molecule is CCCOCCOCC(=O)C1CCCC1. The maximum absolute atomic E-state index is 11.6. The molecule has 1 aliphatic carbocycles. The number of ether oxygens (including phenoxy) is 2. The first-order valence-electron chi connectivity index (χ1n) is 6.02. The van der Waals surface area contributed by atoms with Gasteiger partial charge in [0.25, 0.3) is 0 Å². The van der Waals surface area contributed by atoms with E-state index in [0.717, 1.165) is 25.9 Å². The van der Waals surface area contributed by atoms with Crippen molar-refractivity contribution >= 4 is 5.78 Å². The predicted octanol–water partition coefficient (Wildman–Crippen LogP) is 2.19. The molecule has 1 aliphatic rings. The van der Waals surface area contributed by atoms with Crippen LogP contribution in [0.5, 0.6) is 0 Å². The Bertz CT molecular complexity index is 174. The van der Waals surface area contributed by atoms with Gasteiger partial charge in [-0.3, -0.25) is 4.79 Å². The van der Waals surface area contributed by atoms with E-state index < -0.39 is 0 Å². The van der Waals surface area contributed by atoms with Gasteiger partial charge in [-0.15, -0.1) is 0 Å². The van der Waals surface area contributed by atoms with Crippen LogP contribution in [0.25, 0.3) is 0 Å². The number of carbonyl (C=O) groups is 1. The first-order valence-corrected chi connectivity index (χ1v) is 6.02. The molecule has 0 aromatic rings. The van der Waals surface area contributed by atoms with E-state index in [2.05, 4.69) is 6.92 Å². The average molecular weight is 214 g/mol. The largest absolute Gasteiger partial charge is 0.379 e. The highest BCUT2D eigenvalue weighted by molar-refractivity contribution is 5.82. The van der Waals surface area contributed by atoms with Crippen LogP contribution in [0.4, 0.5) is 0 Å². The first kappa shape index (κ1) is 12.7. The molecule has 3 heteroatoms. The standard InChI is InChI=1S/C12H22O3/c1-2-7-14-8-9-15-10-12(13)11-5-3-4-6-11/h11H,2-10H2,1H3. The Hall–Kier alpha value is -0.410. The minimum Gasteiger partial charge on any atom is -0.379 e. The zero-order valence-corrected chi connectivity index (χ0v) is 9.67. The van der Waals surface area contributed by atoms with Gasteiger partial charge in [-0.25, -0.2) is 0 Å². The Labute approximate surface area is 92.1 Å². The molecule has 0 amide bonds. The fraction of sp³-hybridized carbons (Fsp3) is 0.917. The van der Waals surface area contributed by atoms with Gasteiger partial charge < -0.3 is 9.47 Å². The van der Waals surface area contributed by atoms with Crippen molar-refractivity contribution in [2.75, 3.05) is 26.4 Å². The summed E-state index contributed by atoms with van der Waals surface area (Å²) in [6.07, 6.45) is 5.57. The molecule has 1 rings (SSSR count). The highest BCUT2D eigenvalue weighted by atomic mass is 16.5. The van der Waals surface area contributed by atoms with Crippen LogP contribution < -0.4 is 0 Å². The molecule has 0 spiro atoms. The molecule has 0 aliphatic heterocycles. The van der Waals surface area contributed by atoms with Crippen LogP contribution in [0, 0.1) is 5.92 Å². The number of rotatable bonds is 8. The van der Waals surface area contributed by atoms with Crippen molar-refractivity contribution in [1.82, 2.24) is 0 Å². The lowest BCUT2D eigenvalue weighted by Gasteiger charge is -2.08. The Morgan fingerprint density at radius 1 is 1.13 bits per heavy atom. The third kappa shape index (κ3) is 5.28. The lowest BCUT2D eigenvalue weighted by atomic mass is 10.0. The molecular formula is C12H22O3. The lowest BCUT2D eigenvalue weighted by Crippen LogP contribution is -2.19. The van der Waals surface area contributed by atoms with E-state index in [9.17, 15) is 4.79 Å². The van der Waals surface area contributed by atoms with Crippen molar-refractivity contribution in [2.45, 2.75) is 39.0 Å². The van der Waals surface area contributed by atoms with Gasteiger partial charge in [-0.1, -0.05) is 19.8 Å². The average Bonchev–Trinajstić information content (AvgIpc) is 2.76. The molecule has 88 valence electrons. The van der Waals surface area contributed by atoms with Crippen molar-refractivity contribution in [2.24, 2.45) is 5.92 Å². The summed E-state index contributed by atoms with van der Waals surface area (Å²) in [6, 6.07) is 0. The second kappa shape index (κ2) is 7.83. The molecule has 0 unspecified atom stereocenters. The van der Waals surface area contributed by atoms with E-state index in [-0.39, 0.29) is 18.3 Å². The number of carbonyl (C=O) groups excluding carboxylic acids is 1. The molecule has 0 bridgehead atoms. The molecule has 0 heterocycles. The summed E-state index contributed by atoms with van der Waals surface area (Å²) in [5.74, 6) is 0.560. The first-order chi connectivity index (χ1) is 7.34. The summed E-state index contributed by atoms with van der Waals surface area (Å²) in [5, 5.41) is 0. The van der Waals surface area contributed by atoms with Gasteiger partial charge in [0.15, 0.2) is 5.78 Å². The third-order valence-electron chi connectivity index (χ3n) is 2.78. The zero-order valence-electron chi connectivity index (χ0n) is 9.67. The molecule has 15 heavy (non-hydrogen) atoms. The summed E-state index contributed by atoms with van der Waals surface area (Å²) in [7, 11) is 0. The Morgan fingerprint density at radius 3 is 2.47 bits per heavy atom. The van der Waals surface area contributed by atoms with Gasteiger partial charge in [-0.2, -0.15) is 0 Å². The summed E-state index contributed by atoms with van der Waals surface area (Å²) in [4.78, 5) is 11.6. The monoisotopic (exact) mass is 214 g/mol. The molecule has 0 saturated heterocycles. The van der Waals surface area contributed by atoms with Crippen LogP contribution in [0.2, 0.25) is 0 Å². The molecule has 0 atom stereocenters. The molecule has 0 aromatic heterocycles. The summed E-state index contributed by atoms with van der Waals surface area (Å²) in [5.41, 5.74) is 0. The van der Waals surface area contributed by atoms with Crippen molar-refractivity contribution in [3.05, 3.63) is 0 Å². The predicted molar refractivity (Wildman–Crippen MR) is 58.9 cm³/mol. The third-order valence-corrected chi connectivity index (χ3v) is 2.78. The van der Waals surface area contributed by atoms with E-state index in [0.29, 0.717) is 13.2 Å². The number of Topliss-reactive ketones (excluding diaryl/α,β-unsaturated/α-hetero) is 1. The van der Waals surface area contributed by atoms with Crippen molar-refractivity contribution in [3.63, 3.8) is 0 Å². The summed E-state index contributed by atoms with van der Waals surface area (Å²) in [6.45, 7) is 4.27. The Kier molecular flexibility index (Phi) is 6.60. The second-order valence-corrected chi connectivity index (χ2v) is 4.11. The van der Waals surface area contributed by atoms with Crippen LogP contribution in [0.3, 0.4) is 0 Å². The Balaban J connectivity index is 1.92. The molecule has 0 aromatic carbocycles. The molecule has 0 radical (unpaired) electrons. The van der Waals surface area contributed by atoms with Crippen LogP contribution in [-0.2, 0) is 14.3 Å². The lowest BCUT2D eigenvalue weighted by molar-refractivity contribution is -0.127. The van der Waals surface area contributed by atoms with E-state index in [4.69, 9.17) is 9.47 Å². The molecule has 1 fully saturated rings. The van der Waals surface area contributed by atoms with Crippen molar-refractivity contribution in [1.29, 1.82) is 0 Å². The van der Waals surface area contributed by atoms with Gasteiger partial charge in [0.2, 0.25) is 0 Å². The number of hydrogen-bond donors (Lipinski definition) is 0. The number of hydrogen-bond acceptors (Lipinski definition) is 3. The van der Waals surface area contributed by atoms with E-state index in [1.807, 2.05) is 0 Å². The van der Waals surface area contributed by atoms with Crippen molar-refractivity contribution in [3.8, 4) is 0 Å². The fourth-order valence-electron chi connectivity index (χ4n) is 1.90. The van der Waals surface area contributed by atoms with E-state index in [1.54, 1.807) is 0 Å². The highest BCUT2D eigenvalue weighted by Crippen LogP contribution is 2.25. The van der Waals surface area contributed by atoms with Crippen molar-refractivity contribution < 1.29 is 14.3 Å². The Morgan fingerprint density at radius 2 is 1.80 bits per heavy atom. The second-order valence-electron chi connectivity index (χ2n) is 4.11. The van der Waals surface area contributed by atoms with Gasteiger partial charge in [0.1, 0.15) is 6.61 Å². The normalized spacial score (nSPS) is 17.1. The maximum Gasteiger partial charge on any atom is 0.161 e. The van der Waals surface area contributed by atoms with Gasteiger partial charge >= 0.3 is 0 Å². The van der Waals surface area contributed by atoms with E-state index in [1.165, 1.54) is 12.8 Å². The fourth-order valence-corrected chi connectivity index (χ4v) is 1.90. The van der Waals surface area contributed by atoms with Crippen LogP contribution in [0.15, 0.2) is 0 Å². The van der Waals surface area contributed by atoms with Gasteiger partial charge in [-0.05, 0) is 19.3 Å². The molecule has 1 saturated carbocycles. The molecular weight excluding hydrogens is 192 g/mol. The number of ketones is 1. The minimum atomic E-state index is 0.278. The minimum absolute atomic E-state index is 0.278. The summed E-state index contributed by atoms with van der Waals surface area (Å²) < 4.78 is 10.5. The molecule has 0 N–H and O–H groups in total. The van der Waals surface area contributed by atoms with Gasteiger partial charge in [0, 0.05) is 12.5 Å². The summed E-state index contributed by atoms with van der Waals surface area (Å²) >= 11 is 0. The maximum atomic E-state index is 11.6. The van der Waals surface area contributed by atoms with Gasteiger partial charge in [0.05, 0.1) is 13.2 Å². The smallest absolute Gasteiger partial charge is 0.161 e. The zero-order chi connectivity index (χ0) is 10.9. The topological polar surface area (TPSA) is 35.5 Å². The van der Waals surface area contributed by atoms with Crippen LogP contribution in [0.1, 0.15) is 39.0 Å². The molecule has 3 nitrogen and oxygen atoms in total. The van der Waals surface area contributed by atoms with Crippen LogP contribution in [-0.4, -0.2) is 32.2 Å². The van der Waals surface area contributed by atoms with E-state index >= 15 is 0 Å².